The topological polar surface area (TPSA) is 108 Å². The Balaban J connectivity index is 3.58. The predicted octanol–water partition coefficient (Wildman–Crippen LogP) is -0.676. The largest absolute Gasteiger partial charge is 0.480 e. The molecule has 7 heteroatoms. The Morgan fingerprint density at radius 2 is 2.12 bits per heavy atom. The molecule has 7 nitrogen and oxygen atoms in total. The normalized spacial score (nSPS) is 11.6. The van der Waals surface area contributed by atoms with Gasteiger partial charge in [-0.05, 0) is 6.42 Å². The number of urea groups is 1. The number of aliphatic hydroxyl groups excluding tert-OH is 1. The first kappa shape index (κ1) is 15.4. The van der Waals surface area contributed by atoms with Crippen molar-refractivity contribution in [3.8, 4) is 0 Å². The second kappa shape index (κ2) is 9.61. The minimum absolute atomic E-state index is 0.265. The Kier molecular flexibility index (Phi) is 8.71. The summed E-state index contributed by atoms with van der Waals surface area (Å²) < 4.78 is 5.12. The van der Waals surface area contributed by atoms with Crippen LogP contribution in [-0.2, 0) is 9.53 Å². The number of ether oxygens (including phenoxy) is 1. The molecule has 0 radical (unpaired) electrons. The van der Waals surface area contributed by atoms with Crippen molar-refractivity contribution in [2.75, 3.05) is 26.4 Å². The minimum atomic E-state index is -1.29. The molecule has 1 unspecified atom stereocenters. The molecule has 0 aliphatic rings. The molecular weight excluding hydrogens is 228 g/mol. The SMILES string of the molecule is C=CCCOCCNC(=O)NC(CO)C(=O)O. The fourth-order valence-corrected chi connectivity index (χ4v) is 0.900. The van der Waals surface area contributed by atoms with Gasteiger partial charge in [0, 0.05) is 6.54 Å². The summed E-state index contributed by atoms with van der Waals surface area (Å²) in [6, 6.07) is -1.95. The van der Waals surface area contributed by atoms with Crippen LogP contribution in [0.5, 0.6) is 0 Å². The maximum Gasteiger partial charge on any atom is 0.328 e. The molecule has 0 rings (SSSR count). The van der Waals surface area contributed by atoms with Gasteiger partial charge in [0.1, 0.15) is 0 Å². The summed E-state index contributed by atoms with van der Waals surface area (Å²) in [6.07, 6.45) is 2.45. The third-order valence-corrected chi connectivity index (χ3v) is 1.78. The van der Waals surface area contributed by atoms with Gasteiger partial charge in [-0.2, -0.15) is 0 Å². The molecule has 0 heterocycles. The number of carboxylic acids is 1. The standard InChI is InChI=1S/C10H18N2O5/c1-2-3-5-17-6-4-11-10(16)12-8(7-13)9(14)15/h2,8,13H,1,3-7H2,(H,14,15)(H2,11,12,16). The average molecular weight is 246 g/mol. The number of aliphatic hydroxyl groups is 1. The van der Waals surface area contributed by atoms with E-state index < -0.39 is 24.6 Å². The number of amides is 2. The molecule has 4 N–H and O–H groups in total. The van der Waals surface area contributed by atoms with Crippen LogP contribution in [0.15, 0.2) is 12.7 Å². The van der Waals surface area contributed by atoms with Gasteiger partial charge in [0.2, 0.25) is 0 Å². The molecule has 0 bridgehead atoms. The molecule has 0 saturated carbocycles. The fourth-order valence-electron chi connectivity index (χ4n) is 0.900. The number of hydrogen-bond acceptors (Lipinski definition) is 4. The van der Waals surface area contributed by atoms with Gasteiger partial charge in [-0.3, -0.25) is 0 Å². The molecule has 1 atom stereocenters. The Morgan fingerprint density at radius 3 is 2.65 bits per heavy atom. The van der Waals surface area contributed by atoms with Gasteiger partial charge in [0.05, 0.1) is 19.8 Å². The molecule has 17 heavy (non-hydrogen) atoms. The first-order valence-electron chi connectivity index (χ1n) is 5.18. The third kappa shape index (κ3) is 8.23. The van der Waals surface area contributed by atoms with E-state index in [1.54, 1.807) is 6.08 Å². The molecule has 0 aromatic heterocycles. The van der Waals surface area contributed by atoms with Gasteiger partial charge >= 0.3 is 12.0 Å². The van der Waals surface area contributed by atoms with Crippen molar-refractivity contribution in [1.82, 2.24) is 10.6 Å². The lowest BCUT2D eigenvalue weighted by Crippen LogP contribution is -2.48. The Bertz CT molecular complexity index is 257. The van der Waals surface area contributed by atoms with Crippen molar-refractivity contribution in [3.05, 3.63) is 12.7 Å². The van der Waals surface area contributed by atoms with E-state index in [1.165, 1.54) is 0 Å². The van der Waals surface area contributed by atoms with Gasteiger partial charge in [0.25, 0.3) is 0 Å². The van der Waals surface area contributed by atoms with Crippen molar-refractivity contribution in [2.45, 2.75) is 12.5 Å². The van der Waals surface area contributed by atoms with E-state index in [0.717, 1.165) is 6.42 Å². The van der Waals surface area contributed by atoms with Gasteiger partial charge in [-0.15, -0.1) is 6.58 Å². The number of aliphatic carboxylic acids is 1. The van der Waals surface area contributed by atoms with Crippen molar-refractivity contribution >= 4 is 12.0 Å². The minimum Gasteiger partial charge on any atom is -0.480 e. The second-order valence-electron chi connectivity index (χ2n) is 3.16. The van der Waals surface area contributed by atoms with E-state index in [1.807, 2.05) is 0 Å². The molecule has 0 aromatic carbocycles. The highest BCUT2D eigenvalue weighted by Gasteiger charge is 2.17. The maximum absolute atomic E-state index is 11.1. The van der Waals surface area contributed by atoms with Gasteiger partial charge < -0.3 is 25.6 Å². The Hall–Kier alpha value is -1.60. The maximum atomic E-state index is 11.1. The monoisotopic (exact) mass is 246 g/mol. The molecule has 0 aliphatic heterocycles. The highest BCUT2D eigenvalue weighted by atomic mass is 16.5. The van der Waals surface area contributed by atoms with Crippen LogP contribution in [0.2, 0.25) is 0 Å². The lowest BCUT2D eigenvalue weighted by Gasteiger charge is -2.12. The summed E-state index contributed by atoms with van der Waals surface area (Å²) in [5, 5.41) is 21.7. The van der Waals surface area contributed by atoms with E-state index >= 15 is 0 Å². The number of carboxylic acid groups (broad SMARTS) is 1. The number of hydrogen-bond donors (Lipinski definition) is 4. The predicted molar refractivity (Wildman–Crippen MR) is 60.7 cm³/mol. The first-order chi connectivity index (χ1) is 8.11. The zero-order chi connectivity index (χ0) is 13.1. The first-order valence-corrected chi connectivity index (χ1v) is 5.18. The number of nitrogens with one attached hydrogen (secondary N) is 2. The molecule has 0 aromatic rings. The molecular formula is C10H18N2O5. The molecule has 0 spiro atoms. The van der Waals surface area contributed by atoms with E-state index in [-0.39, 0.29) is 6.54 Å². The smallest absolute Gasteiger partial charge is 0.328 e. The van der Waals surface area contributed by atoms with Crippen LogP contribution in [0, 0.1) is 0 Å². The van der Waals surface area contributed by atoms with Crippen LogP contribution in [0.1, 0.15) is 6.42 Å². The van der Waals surface area contributed by atoms with Crippen molar-refractivity contribution in [2.24, 2.45) is 0 Å². The van der Waals surface area contributed by atoms with E-state index in [4.69, 9.17) is 14.9 Å². The zero-order valence-corrected chi connectivity index (χ0v) is 9.52. The molecule has 0 aliphatic carbocycles. The number of carbonyl (C=O) groups is 2. The van der Waals surface area contributed by atoms with Crippen LogP contribution < -0.4 is 10.6 Å². The van der Waals surface area contributed by atoms with E-state index in [2.05, 4.69) is 17.2 Å². The van der Waals surface area contributed by atoms with Gasteiger partial charge in [0.15, 0.2) is 6.04 Å². The zero-order valence-electron chi connectivity index (χ0n) is 9.52. The summed E-state index contributed by atoms with van der Waals surface area (Å²) in [4.78, 5) is 21.6. The molecule has 98 valence electrons. The fraction of sp³-hybridized carbons (Fsp3) is 0.600. The summed E-state index contributed by atoms with van der Waals surface area (Å²) in [5.74, 6) is -1.29. The van der Waals surface area contributed by atoms with Crippen molar-refractivity contribution in [3.63, 3.8) is 0 Å². The van der Waals surface area contributed by atoms with Gasteiger partial charge in [-0.25, -0.2) is 9.59 Å². The lowest BCUT2D eigenvalue weighted by molar-refractivity contribution is -0.140. The average Bonchev–Trinajstić information content (AvgIpc) is 2.30. The van der Waals surface area contributed by atoms with Gasteiger partial charge in [-0.1, -0.05) is 6.08 Å². The summed E-state index contributed by atoms with van der Waals surface area (Å²) in [7, 11) is 0. The van der Waals surface area contributed by atoms with Crippen LogP contribution in [0.4, 0.5) is 4.79 Å². The lowest BCUT2D eigenvalue weighted by atomic mass is 10.3. The van der Waals surface area contributed by atoms with E-state index in [0.29, 0.717) is 13.2 Å². The van der Waals surface area contributed by atoms with Crippen LogP contribution in [0.25, 0.3) is 0 Å². The van der Waals surface area contributed by atoms with E-state index in [9.17, 15) is 9.59 Å². The Labute approximate surface area is 99.5 Å². The summed E-state index contributed by atoms with van der Waals surface area (Å²) >= 11 is 0. The third-order valence-electron chi connectivity index (χ3n) is 1.78. The highest BCUT2D eigenvalue weighted by Crippen LogP contribution is 1.83. The molecule has 2 amide bonds. The molecule has 0 fully saturated rings. The van der Waals surface area contributed by atoms with Crippen LogP contribution >= 0.6 is 0 Å². The van der Waals surface area contributed by atoms with Crippen LogP contribution in [-0.4, -0.2) is 54.6 Å². The van der Waals surface area contributed by atoms with Crippen LogP contribution in [0.3, 0.4) is 0 Å². The Morgan fingerprint density at radius 1 is 1.41 bits per heavy atom. The van der Waals surface area contributed by atoms with Crippen molar-refractivity contribution in [1.29, 1.82) is 0 Å². The summed E-state index contributed by atoms with van der Waals surface area (Å²) in [6.45, 7) is 4.00. The number of rotatable bonds is 9. The quantitative estimate of drug-likeness (QED) is 0.318. The highest BCUT2D eigenvalue weighted by molar-refractivity contribution is 5.82. The summed E-state index contributed by atoms with van der Waals surface area (Å²) in [5.41, 5.74) is 0. The molecule has 0 saturated heterocycles. The second-order valence-corrected chi connectivity index (χ2v) is 3.16. The number of carbonyl (C=O) groups excluding carboxylic acids is 1. The van der Waals surface area contributed by atoms with Crippen molar-refractivity contribution < 1.29 is 24.5 Å².